The van der Waals surface area contributed by atoms with Gasteiger partial charge in [0.25, 0.3) is 0 Å². The summed E-state index contributed by atoms with van der Waals surface area (Å²) in [7, 11) is 0. The zero-order chi connectivity index (χ0) is 24.0. The van der Waals surface area contributed by atoms with Gasteiger partial charge in [-0.2, -0.15) is 0 Å². The number of aryl methyl sites for hydroxylation is 1. The first-order valence-corrected chi connectivity index (χ1v) is 13.2. The molecule has 0 fully saturated rings. The van der Waals surface area contributed by atoms with E-state index in [1.54, 1.807) is 0 Å². The molecule has 0 saturated carbocycles. The Labute approximate surface area is 211 Å². The lowest BCUT2D eigenvalue weighted by molar-refractivity contribution is 0.438. The number of anilines is 5. The fraction of sp³-hybridized carbons (Fsp3) is 0.212. The molecule has 0 N–H and O–H groups in total. The van der Waals surface area contributed by atoms with Gasteiger partial charge in [0.2, 0.25) is 0 Å². The minimum absolute atomic E-state index is 0.406. The highest BCUT2D eigenvalue weighted by atomic mass is 16.5. The highest BCUT2D eigenvalue weighted by Gasteiger charge is 2.41. The van der Waals surface area contributed by atoms with E-state index < -0.39 is 0 Å². The van der Waals surface area contributed by atoms with E-state index >= 15 is 0 Å². The van der Waals surface area contributed by atoms with Crippen molar-refractivity contribution >= 4 is 50.0 Å². The molecule has 2 unspecified atom stereocenters. The van der Waals surface area contributed by atoms with Crippen LogP contribution in [-0.4, -0.2) is 6.04 Å². The zero-order valence-corrected chi connectivity index (χ0v) is 20.7. The molecular formula is C33H28N2O. The third-order valence-electron chi connectivity index (χ3n) is 8.43. The van der Waals surface area contributed by atoms with Crippen LogP contribution < -0.4 is 14.5 Å². The van der Waals surface area contributed by atoms with Gasteiger partial charge in [-0.3, -0.25) is 4.90 Å². The standard InChI is InChI=1S/C33H28N2O/c1-20-17-18-22-9-7-14-27-30(22)34(21(2)19-20)28-15-8-16-29-32(28)35(27)31-25-12-5-3-10-23(25)24-11-4-6-13-26(24)33(31)36-29/h3-16,20-21H,17-19H2,1-2H3. The highest BCUT2D eigenvalue weighted by molar-refractivity contribution is 6.21. The van der Waals surface area contributed by atoms with Gasteiger partial charge < -0.3 is 9.64 Å². The minimum atomic E-state index is 0.406. The quantitative estimate of drug-likeness (QED) is 0.207. The molecule has 36 heavy (non-hydrogen) atoms. The van der Waals surface area contributed by atoms with Crippen molar-refractivity contribution in [1.82, 2.24) is 0 Å². The van der Waals surface area contributed by atoms with Gasteiger partial charge in [0.1, 0.15) is 5.69 Å². The molecular weight excluding hydrogens is 440 g/mol. The predicted molar refractivity (Wildman–Crippen MR) is 150 cm³/mol. The molecule has 0 amide bonds. The average molecular weight is 469 g/mol. The van der Waals surface area contributed by atoms with E-state index in [0.29, 0.717) is 12.0 Å². The molecule has 0 aromatic heterocycles. The molecule has 3 aliphatic heterocycles. The summed E-state index contributed by atoms with van der Waals surface area (Å²) in [5, 5.41) is 4.88. The van der Waals surface area contributed by atoms with Gasteiger partial charge in [-0.1, -0.05) is 73.7 Å². The van der Waals surface area contributed by atoms with E-state index in [9.17, 15) is 0 Å². The van der Waals surface area contributed by atoms with Gasteiger partial charge in [-0.15, -0.1) is 0 Å². The number of nitrogens with zero attached hydrogens (tertiary/aromatic N) is 2. The Balaban J connectivity index is 1.53. The summed E-state index contributed by atoms with van der Waals surface area (Å²) in [6.07, 6.45) is 3.52. The first-order valence-electron chi connectivity index (χ1n) is 13.2. The number of rotatable bonds is 0. The molecule has 3 nitrogen and oxygen atoms in total. The molecule has 3 heterocycles. The fourth-order valence-corrected chi connectivity index (χ4v) is 6.91. The van der Waals surface area contributed by atoms with Gasteiger partial charge >= 0.3 is 0 Å². The van der Waals surface area contributed by atoms with Crippen LogP contribution in [0.15, 0.2) is 84.9 Å². The van der Waals surface area contributed by atoms with Crippen molar-refractivity contribution < 1.29 is 4.74 Å². The molecule has 0 radical (unpaired) electrons. The molecule has 3 heteroatoms. The number of ether oxygens (including phenoxy) is 1. The Morgan fingerprint density at radius 3 is 2.19 bits per heavy atom. The lowest BCUT2D eigenvalue weighted by Gasteiger charge is -2.47. The van der Waals surface area contributed by atoms with E-state index in [4.69, 9.17) is 4.74 Å². The molecule has 0 bridgehead atoms. The van der Waals surface area contributed by atoms with Crippen molar-refractivity contribution in [1.29, 1.82) is 0 Å². The highest BCUT2D eigenvalue weighted by Crippen LogP contribution is 2.64. The summed E-state index contributed by atoms with van der Waals surface area (Å²) in [5.41, 5.74) is 7.64. The van der Waals surface area contributed by atoms with Crippen LogP contribution >= 0.6 is 0 Å². The fourth-order valence-electron chi connectivity index (χ4n) is 6.91. The van der Waals surface area contributed by atoms with Gasteiger partial charge in [0.05, 0.1) is 22.7 Å². The van der Waals surface area contributed by atoms with Crippen LogP contribution in [0.3, 0.4) is 0 Å². The van der Waals surface area contributed by atoms with Gasteiger partial charge in [0.15, 0.2) is 11.5 Å². The molecule has 2 atom stereocenters. The second kappa shape index (κ2) is 7.27. The summed E-state index contributed by atoms with van der Waals surface area (Å²) >= 11 is 0. The van der Waals surface area contributed by atoms with E-state index in [-0.39, 0.29) is 0 Å². The predicted octanol–water partition coefficient (Wildman–Crippen LogP) is 9.38. The van der Waals surface area contributed by atoms with Gasteiger partial charge in [-0.05, 0) is 66.6 Å². The summed E-state index contributed by atoms with van der Waals surface area (Å²) < 4.78 is 6.85. The first-order chi connectivity index (χ1) is 17.7. The monoisotopic (exact) mass is 468 g/mol. The molecule has 0 spiro atoms. The smallest absolute Gasteiger partial charge is 0.160 e. The van der Waals surface area contributed by atoms with E-state index in [1.165, 1.54) is 51.6 Å². The Bertz CT molecular complexity index is 1700. The second-order valence-corrected chi connectivity index (χ2v) is 10.7. The summed E-state index contributed by atoms with van der Waals surface area (Å²) in [5.74, 6) is 2.58. The number of benzene rings is 5. The van der Waals surface area contributed by atoms with Crippen LogP contribution in [-0.2, 0) is 6.42 Å². The molecule has 0 saturated heterocycles. The number of hydrogen-bond acceptors (Lipinski definition) is 3. The Hall–Kier alpha value is -3.98. The van der Waals surface area contributed by atoms with E-state index in [1.807, 2.05) is 0 Å². The van der Waals surface area contributed by atoms with Crippen LogP contribution in [0.1, 0.15) is 32.3 Å². The van der Waals surface area contributed by atoms with Crippen molar-refractivity contribution in [2.75, 3.05) is 9.80 Å². The number of para-hydroxylation sites is 2. The molecule has 5 aromatic rings. The average Bonchev–Trinajstić information content (AvgIpc) is 2.91. The van der Waals surface area contributed by atoms with Crippen LogP contribution in [0.25, 0.3) is 21.5 Å². The topological polar surface area (TPSA) is 15.7 Å². The lowest BCUT2D eigenvalue weighted by atomic mass is 9.87. The molecule has 176 valence electrons. The summed E-state index contributed by atoms with van der Waals surface area (Å²) in [4.78, 5) is 5.11. The van der Waals surface area contributed by atoms with Crippen molar-refractivity contribution in [2.24, 2.45) is 5.92 Å². The Kier molecular flexibility index (Phi) is 4.09. The number of hydrogen-bond donors (Lipinski definition) is 0. The molecule has 3 aliphatic rings. The Morgan fingerprint density at radius 2 is 1.36 bits per heavy atom. The van der Waals surface area contributed by atoms with Crippen molar-refractivity contribution in [2.45, 2.75) is 39.2 Å². The maximum Gasteiger partial charge on any atom is 0.160 e. The lowest BCUT2D eigenvalue weighted by Crippen LogP contribution is -2.37. The third kappa shape index (κ3) is 2.58. The van der Waals surface area contributed by atoms with Gasteiger partial charge in [-0.25, -0.2) is 0 Å². The van der Waals surface area contributed by atoms with Crippen molar-refractivity contribution in [3.63, 3.8) is 0 Å². The summed E-state index contributed by atoms with van der Waals surface area (Å²) in [6.45, 7) is 4.79. The zero-order valence-electron chi connectivity index (χ0n) is 20.7. The normalized spacial score (nSPS) is 19.7. The van der Waals surface area contributed by atoms with Crippen LogP contribution in [0, 0.1) is 5.92 Å². The van der Waals surface area contributed by atoms with E-state index in [0.717, 1.165) is 34.7 Å². The molecule has 8 rings (SSSR count). The maximum absolute atomic E-state index is 6.85. The molecule has 0 aliphatic carbocycles. The largest absolute Gasteiger partial charge is 0.452 e. The molecule has 5 aromatic carbocycles. The third-order valence-corrected chi connectivity index (χ3v) is 8.43. The first kappa shape index (κ1) is 20.2. The van der Waals surface area contributed by atoms with Crippen LogP contribution in [0.4, 0.5) is 28.4 Å². The SMILES string of the molecule is CC1CCc2cccc3c2N(c2cccc4c2N3c2c(c3ccccc3c3ccccc23)O4)C(C)C1. The minimum Gasteiger partial charge on any atom is -0.452 e. The van der Waals surface area contributed by atoms with Crippen molar-refractivity contribution in [3.05, 3.63) is 90.5 Å². The van der Waals surface area contributed by atoms with Crippen molar-refractivity contribution in [3.8, 4) is 11.5 Å². The second-order valence-electron chi connectivity index (χ2n) is 10.7. The maximum atomic E-state index is 6.85. The van der Waals surface area contributed by atoms with Crippen LogP contribution in [0.5, 0.6) is 11.5 Å². The van der Waals surface area contributed by atoms with Gasteiger partial charge in [0, 0.05) is 16.8 Å². The van der Waals surface area contributed by atoms with E-state index in [2.05, 4.69) is 109 Å². The number of fused-ring (bicyclic) bond motifs is 9. The van der Waals surface area contributed by atoms with Crippen LogP contribution in [0.2, 0.25) is 0 Å². The summed E-state index contributed by atoms with van der Waals surface area (Å²) in [6, 6.07) is 31.3. The Morgan fingerprint density at radius 1 is 0.667 bits per heavy atom.